The Hall–Kier alpha value is -1.78. The molecule has 1 atom stereocenters. The molecule has 29 heavy (non-hydrogen) atoms. The van der Waals surface area contributed by atoms with Crippen molar-refractivity contribution in [2.24, 2.45) is 4.99 Å². The van der Waals surface area contributed by atoms with Crippen LogP contribution >= 0.6 is 11.8 Å². The Morgan fingerprint density at radius 1 is 1.00 bits per heavy atom. The Morgan fingerprint density at radius 2 is 1.66 bits per heavy atom. The summed E-state index contributed by atoms with van der Waals surface area (Å²) < 4.78 is 0. The second-order valence-corrected chi connectivity index (χ2v) is 10.6. The SMILES string of the molecule is CC(C)(C)c1cc(C=N[C@H](CO)CSCc2ccccc2)c(O)c(C(C)(C)C)c1. The fraction of sp³-hybridized carbons (Fsp3) is 0.480. The third kappa shape index (κ3) is 6.90. The zero-order valence-electron chi connectivity index (χ0n) is 18.6. The van der Waals surface area contributed by atoms with E-state index in [2.05, 4.69) is 64.7 Å². The zero-order valence-corrected chi connectivity index (χ0v) is 19.4. The molecule has 3 nitrogen and oxygen atoms in total. The first-order valence-electron chi connectivity index (χ1n) is 10.2. The van der Waals surface area contributed by atoms with Crippen molar-refractivity contribution in [3.05, 3.63) is 64.7 Å². The maximum Gasteiger partial charge on any atom is 0.128 e. The molecular formula is C25H35NO2S. The number of rotatable bonds is 7. The van der Waals surface area contributed by atoms with Crippen LogP contribution in [0.5, 0.6) is 5.75 Å². The molecule has 0 spiro atoms. The van der Waals surface area contributed by atoms with Crippen LogP contribution in [0.1, 0.15) is 63.8 Å². The van der Waals surface area contributed by atoms with Gasteiger partial charge in [-0.2, -0.15) is 11.8 Å². The van der Waals surface area contributed by atoms with Crippen molar-refractivity contribution in [2.75, 3.05) is 12.4 Å². The Bertz CT molecular complexity index is 817. The van der Waals surface area contributed by atoms with E-state index in [9.17, 15) is 10.2 Å². The van der Waals surface area contributed by atoms with Gasteiger partial charge in [-0.25, -0.2) is 0 Å². The van der Waals surface area contributed by atoms with Crippen LogP contribution in [0.2, 0.25) is 0 Å². The van der Waals surface area contributed by atoms with Crippen molar-refractivity contribution in [3.8, 4) is 5.75 Å². The number of benzene rings is 2. The minimum atomic E-state index is -0.195. The topological polar surface area (TPSA) is 52.8 Å². The number of phenolic OH excluding ortho intramolecular Hbond substituents is 1. The summed E-state index contributed by atoms with van der Waals surface area (Å²) in [5.74, 6) is 1.90. The van der Waals surface area contributed by atoms with E-state index in [1.165, 1.54) is 11.1 Å². The molecule has 2 aromatic carbocycles. The van der Waals surface area contributed by atoms with Gasteiger partial charge in [0.15, 0.2) is 0 Å². The molecule has 0 saturated heterocycles. The minimum Gasteiger partial charge on any atom is -0.507 e. The summed E-state index contributed by atoms with van der Waals surface area (Å²) in [5.41, 5.74) is 3.87. The molecule has 0 amide bonds. The first-order valence-corrected chi connectivity index (χ1v) is 11.3. The van der Waals surface area contributed by atoms with Crippen LogP contribution in [0.25, 0.3) is 0 Å². The predicted molar refractivity (Wildman–Crippen MR) is 127 cm³/mol. The van der Waals surface area contributed by atoms with Crippen LogP contribution in [0.4, 0.5) is 0 Å². The van der Waals surface area contributed by atoms with E-state index in [0.29, 0.717) is 5.56 Å². The van der Waals surface area contributed by atoms with Gasteiger partial charge in [0.2, 0.25) is 0 Å². The summed E-state index contributed by atoms with van der Waals surface area (Å²) >= 11 is 1.76. The number of hydrogen-bond acceptors (Lipinski definition) is 4. The van der Waals surface area contributed by atoms with E-state index in [4.69, 9.17) is 0 Å². The maximum atomic E-state index is 10.9. The summed E-state index contributed by atoms with van der Waals surface area (Å²) in [6.45, 7) is 12.8. The van der Waals surface area contributed by atoms with Gasteiger partial charge in [-0.05, 0) is 28.0 Å². The van der Waals surface area contributed by atoms with Crippen LogP contribution in [0, 0.1) is 0 Å². The number of phenols is 1. The van der Waals surface area contributed by atoms with Gasteiger partial charge in [-0.15, -0.1) is 0 Å². The van der Waals surface area contributed by atoms with Crippen LogP contribution in [-0.2, 0) is 16.6 Å². The Kier molecular flexibility index (Phi) is 7.95. The highest BCUT2D eigenvalue weighted by molar-refractivity contribution is 7.98. The number of thioether (sulfide) groups is 1. The highest BCUT2D eigenvalue weighted by Crippen LogP contribution is 2.37. The van der Waals surface area contributed by atoms with Crippen molar-refractivity contribution < 1.29 is 10.2 Å². The van der Waals surface area contributed by atoms with Crippen LogP contribution < -0.4 is 0 Å². The molecule has 4 heteroatoms. The normalized spacial score (nSPS) is 13.8. The molecule has 158 valence electrons. The maximum absolute atomic E-state index is 10.9. The van der Waals surface area contributed by atoms with E-state index >= 15 is 0 Å². The predicted octanol–water partition coefficient (Wildman–Crippen LogP) is 5.70. The molecule has 0 aliphatic carbocycles. The summed E-state index contributed by atoms with van der Waals surface area (Å²) in [6, 6.07) is 14.2. The van der Waals surface area contributed by atoms with Gasteiger partial charge in [0, 0.05) is 28.8 Å². The van der Waals surface area contributed by atoms with Crippen molar-refractivity contribution in [2.45, 2.75) is 64.2 Å². The standard InChI is InChI=1S/C25H35NO2S/c1-24(2,3)20-12-19(23(28)22(13-20)25(4,5)6)14-26-21(15-27)17-29-16-18-10-8-7-9-11-18/h7-14,21,27-28H,15-17H2,1-6H3/t21-/m1/s1. The van der Waals surface area contributed by atoms with Crippen molar-refractivity contribution >= 4 is 18.0 Å². The third-order valence-corrected chi connectivity index (χ3v) is 6.03. The van der Waals surface area contributed by atoms with Gasteiger partial charge >= 0.3 is 0 Å². The average molecular weight is 414 g/mol. The zero-order chi connectivity index (χ0) is 21.7. The van der Waals surface area contributed by atoms with E-state index in [-0.39, 0.29) is 29.2 Å². The molecule has 0 aliphatic rings. The molecule has 0 radical (unpaired) electrons. The smallest absolute Gasteiger partial charge is 0.128 e. The first-order chi connectivity index (χ1) is 13.5. The van der Waals surface area contributed by atoms with Gasteiger partial charge in [-0.3, -0.25) is 4.99 Å². The van der Waals surface area contributed by atoms with Crippen molar-refractivity contribution in [1.29, 1.82) is 0 Å². The molecule has 2 aromatic rings. The molecular weight excluding hydrogens is 378 g/mol. The Morgan fingerprint density at radius 3 is 2.21 bits per heavy atom. The lowest BCUT2D eigenvalue weighted by atomic mass is 9.79. The van der Waals surface area contributed by atoms with E-state index in [1.807, 2.05) is 24.3 Å². The minimum absolute atomic E-state index is 0.00978. The highest BCUT2D eigenvalue weighted by atomic mass is 32.2. The van der Waals surface area contributed by atoms with Crippen molar-refractivity contribution in [1.82, 2.24) is 0 Å². The number of aliphatic hydroxyl groups excluding tert-OH is 1. The van der Waals surface area contributed by atoms with Crippen LogP contribution in [0.3, 0.4) is 0 Å². The summed E-state index contributed by atoms with van der Waals surface area (Å²) in [5, 5.41) is 20.6. The first kappa shape index (κ1) is 23.5. The van der Waals surface area contributed by atoms with Crippen LogP contribution in [0.15, 0.2) is 47.5 Å². The lowest BCUT2D eigenvalue weighted by Crippen LogP contribution is -2.18. The molecule has 0 aromatic heterocycles. The van der Waals surface area contributed by atoms with E-state index < -0.39 is 0 Å². The highest BCUT2D eigenvalue weighted by Gasteiger charge is 2.24. The van der Waals surface area contributed by atoms with Gasteiger partial charge in [0.1, 0.15) is 5.75 Å². The Labute approximate surface area is 180 Å². The molecule has 0 fully saturated rings. The fourth-order valence-corrected chi connectivity index (χ4v) is 3.99. The molecule has 0 bridgehead atoms. The molecule has 2 rings (SSSR count). The average Bonchev–Trinajstić information content (AvgIpc) is 2.64. The van der Waals surface area contributed by atoms with Gasteiger partial charge in [0.25, 0.3) is 0 Å². The largest absolute Gasteiger partial charge is 0.507 e. The van der Waals surface area contributed by atoms with Gasteiger partial charge in [-0.1, -0.05) is 77.9 Å². The fourth-order valence-electron chi connectivity index (χ4n) is 2.98. The molecule has 0 aliphatic heterocycles. The van der Waals surface area contributed by atoms with E-state index in [1.54, 1.807) is 18.0 Å². The molecule has 0 heterocycles. The number of hydrogen-bond donors (Lipinski definition) is 2. The van der Waals surface area contributed by atoms with Gasteiger partial charge in [0.05, 0.1) is 12.6 Å². The summed E-state index contributed by atoms with van der Waals surface area (Å²) in [4.78, 5) is 4.59. The third-order valence-electron chi connectivity index (χ3n) is 4.87. The number of aliphatic hydroxyl groups is 1. The quantitative estimate of drug-likeness (QED) is 0.573. The van der Waals surface area contributed by atoms with Crippen molar-refractivity contribution in [3.63, 3.8) is 0 Å². The summed E-state index contributed by atoms with van der Waals surface area (Å²) in [6.07, 6.45) is 1.73. The van der Waals surface area contributed by atoms with Gasteiger partial charge < -0.3 is 10.2 Å². The second-order valence-electron chi connectivity index (χ2n) is 9.58. The molecule has 0 saturated carbocycles. The lowest BCUT2D eigenvalue weighted by molar-refractivity contribution is 0.276. The molecule has 0 unspecified atom stereocenters. The van der Waals surface area contributed by atoms with Crippen LogP contribution in [-0.4, -0.2) is 34.8 Å². The summed E-state index contributed by atoms with van der Waals surface area (Å²) in [7, 11) is 0. The number of nitrogens with zero attached hydrogens (tertiary/aromatic N) is 1. The lowest BCUT2D eigenvalue weighted by Gasteiger charge is -2.27. The number of aliphatic imine (C=N–C) groups is 1. The van der Waals surface area contributed by atoms with E-state index in [0.717, 1.165) is 17.1 Å². The second kappa shape index (κ2) is 9.82. The molecule has 2 N–H and O–H groups in total. The number of aromatic hydroxyl groups is 1. The monoisotopic (exact) mass is 413 g/mol. The Balaban J connectivity index is 2.20.